The molecule has 0 aliphatic carbocycles. The van der Waals surface area contributed by atoms with Crippen LogP contribution in [0.2, 0.25) is 0 Å². The van der Waals surface area contributed by atoms with Crippen LogP contribution in [-0.4, -0.2) is 20.8 Å². The van der Waals surface area contributed by atoms with Crippen molar-refractivity contribution in [3.8, 4) is 5.75 Å². The molecule has 0 aliphatic rings. The number of rotatable bonds is 4. The van der Waals surface area contributed by atoms with Gasteiger partial charge < -0.3 is 10.4 Å². The van der Waals surface area contributed by atoms with E-state index in [1.807, 2.05) is 33.2 Å². The zero-order valence-electron chi connectivity index (χ0n) is 11.9. The Bertz CT molecular complexity index is 619. The van der Waals surface area contributed by atoms with E-state index in [-0.39, 0.29) is 17.7 Å². The fraction of sp³-hybridized carbons (Fsp3) is 0.333. The fourth-order valence-corrected chi connectivity index (χ4v) is 2.01. The van der Waals surface area contributed by atoms with Crippen molar-refractivity contribution in [1.29, 1.82) is 0 Å². The van der Waals surface area contributed by atoms with Gasteiger partial charge in [0.05, 0.1) is 17.8 Å². The Hall–Kier alpha value is -2.30. The first-order valence-electron chi connectivity index (χ1n) is 6.62. The minimum Gasteiger partial charge on any atom is -0.507 e. The van der Waals surface area contributed by atoms with Gasteiger partial charge in [-0.25, -0.2) is 0 Å². The summed E-state index contributed by atoms with van der Waals surface area (Å²) in [6.07, 6.45) is 4.39. The van der Waals surface area contributed by atoms with Crippen LogP contribution in [0.15, 0.2) is 30.6 Å². The van der Waals surface area contributed by atoms with Crippen LogP contribution in [0.25, 0.3) is 0 Å². The summed E-state index contributed by atoms with van der Waals surface area (Å²) in [4.78, 5) is 12.2. The highest BCUT2D eigenvalue weighted by molar-refractivity contribution is 5.97. The first-order valence-corrected chi connectivity index (χ1v) is 6.62. The van der Waals surface area contributed by atoms with E-state index in [0.717, 1.165) is 17.5 Å². The standard InChI is InChI=1S/C15H19N3O2/c1-4-11-5-6-14(19)13(7-11)15(20)17-10(2)12-8-16-18(3)9-12/h5-10,19H,4H2,1-3H3,(H,17,20)/t10-/m0/s1. The van der Waals surface area contributed by atoms with Gasteiger partial charge in [0.1, 0.15) is 5.75 Å². The zero-order valence-corrected chi connectivity index (χ0v) is 11.9. The Labute approximate surface area is 118 Å². The van der Waals surface area contributed by atoms with E-state index in [9.17, 15) is 9.90 Å². The number of hydrogen-bond acceptors (Lipinski definition) is 3. The Morgan fingerprint density at radius 3 is 2.85 bits per heavy atom. The lowest BCUT2D eigenvalue weighted by atomic mass is 10.1. The molecule has 0 radical (unpaired) electrons. The average molecular weight is 273 g/mol. The third-order valence-electron chi connectivity index (χ3n) is 3.29. The normalized spacial score (nSPS) is 12.2. The molecule has 0 bridgehead atoms. The maximum atomic E-state index is 12.2. The van der Waals surface area contributed by atoms with Gasteiger partial charge in [-0.3, -0.25) is 9.48 Å². The Morgan fingerprint density at radius 1 is 1.50 bits per heavy atom. The summed E-state index contributed by atoms with van der Waals surface area (Å²) in [7, 11) is 1.83. The Morgan fingerprint density at radius 2 is 2.25 bits per heavy atom. The maximum Gasteiger partial charge on any atom is 0.255 e. The zero-order chi connectivity index (χ0) is 14.7. The van der Waals surface area contributed by atoms with Crippen molar-refractivity contribution in [3.63, 3.8) is 0 Å². The van der Waals surface area contributed by atoms with Crippen LogP contribution in [0.1, 0.15) is 41.4 Å². The summed E-state index contributed by atoms with van der Waals surface area (Å²) < 4.78 is 1.69. The Balaban J connectivity index is 2.15. The third-order valence-corrected chi connectivity index (χ3v) is 3.29. The number of hydrogen-bond donors (Lipinski definition) is 2. The highest BCUT2D eigenvalue weighted by atomic mass is 16.3. The van der Waals surface area contributed by atoms with Crippen molar-refractivity contribution in [3.05, 3.63) is 47.3 Å². The van der Waals surface area contributed by atoms with Gasteiger partial charge in [-0.2, -0.15) is 5.10 Å². The van der Waals surface area contributed by atoms with E-state index in [0.29, 0.717) is 5.56 Å². The number of amides is 1. The maximum absolute atomic E-state index is 12.2. The van der Waals surface area contributed by atoms with Gasteiger partial charge in [0.25, 0.3) is 5.91 Å². The molecule has 0 spiro atoms. The van der Waals surface area contributed by atoms with E-state index < -0.39 is 0 Å². The molecule has 1 atom stereocenters. The van der Waals surface area contributed by atoms with Crippen molar-refractivity contribution in [1.82, 2.24) is 15.1 Å². The molecule has 0 fully saturated rings. The molecule has 20 heavy (non-hydrogen) atoms. The van der Waals surface area contributed by atoms with E-state index in [2.05, 4.69) is 10.4 Å². The van der Waals surface area contributed by atoms with Gasteiger partial charge in [0, 0.05) is 18.8 Å². The van der Waals surface area contributed by atoms with Gasteiger partial charge in [0.15, 0.2) is 0 Å². The van der Waals surface area contributed by atoms with Crippen molar-refractivity contribution in [2.45, 2.75) is 26.3 Å². The summed E-state index contributed by atoms with van der Waals surface area (Å²) >= 11 is 0. The first-order chi connectivity index (χ1) is 9.51. The molecule has 5 heteroatoms. The number of phenols is 1. The second kappa shape index (κ2) is 5.77. The first kappa shape index (κ1) is 14.1. The molecule has 2 N–H and O–H groups in total. The molecular weight excluding hydrogens is 254 g/mol. The molecule has 0 aliphatic heterocycles. The quantitative estimate of drug-likeness (QED) is 0.897. The highest BCUT2D eigenvalue weighted by Gasteiger charge is 2.16. The summed E-state index contributed by atoms with van der Waals surface area (Å²) in [5, 5.41) is 16.8. The second-order valence-electron chi connectivity index (χ2n) is 4.85. The monoisotopic (exact) mass is 273 g/mol. The molecule has 2 rings (SSSR count). The predicted octanol–water partition coefficient (Wildman–Crippen LogP) is 2.18. The minimum absolute atomic E-state index is 0.00177. The average Bonchev–Trinajstić information content (AvgIpc) is 2.86. The number of benzene rings is 1. The molecule has 0 saturated carbocycles. The van der Waals surface area contributed by atoms with Crippen molar-refractivity contribution < 1.29 is 9.90 Å². The molecule has 0 saturated heterocycles. The Kier molecular flexibility index (Phi) is 4.08. The number of nitrogens with one attached hydrogen (secondary N) is 1. The van der Waals surface area contributed by atoms with Crippen LogP contribution in [0, 0.1) is 0 Å². The highest BCUT2D eigenvalue weighted by Crippen LogP contribution is 2.20. The second-order valence-corrected chi connectivity index (χ2v) is 4.85. The molecule has 106 valence electrons. The van der Waals surface area contributed by atoms with Gasteiger partial charge >= 0.3 is 0 Å². The van der Waals surface area contributed by atoms with Crippen LogP contribution >= 0.6 is 0 Å². The molecule has 1 heterocycles. The lowest BCUT2D eigenvalue weighted by Crippen LogP contribution is -2.26. The van der Waals surface area contributed by atoms with E-state index >= 15 is 0 Å². The smallest absolute Gasteiger partial charge is 0.255 e. The molecular formula is C15H19N3O2. The van der Waals surface area contributed by atoms with Gasteiger partial charge in [-0.15, -0.1) is 0 Å². The molecule has 1 aromatic carbocycles. The van der Waals surface area contributed by atoms with E-state index in [4.69, 9.17) is 0 Å². The van der Waals surface area contributed by atoms with Crippen molar-refractivity contribution in [2.75, 3.05) is 0 Å². The summed E-state index contributed by atoms with van der Waals surface area (Å²) in [6.45, 7) is 3.89. The van der Waals surface area contributed by atoms with Crippen molar-refractivity contribution in [2.24, 2.45) is 7.05 Å². The van der Waals surface area contributed by atoms with Crippen molar-refractivity contribution >= 4 is 5.91 Å². The number of aryl methyl sites for hydroxylation is 2. The molecule has 2 aromatic rings. The van der Waals surface area contributed by atoms with Crippen LogP contribution in [0.4, 0.5) is 0 Å². The number of nitrogens with zero attached hydrogens (tertiary/aromatic N) is 2. The van der Waals surface area contributed by atoms with Crippen LogP contribution in [0.3, 0.4) is 0 Å². The van der Waals surface area contributed by atoms with Gasteiger partial charge in [-0.05, 0) is 31.0 Å². The topological polar surface area (TPSA) is 67.2 Å². The number of carbonyl (C=O) groups is 1. The molecule has 1 aromatic heterocycles. The summed E-state index contributed by atoms with van der Waals surface area (Å²) in [6, 6.07) is 4.93. The minimum atomic E-state index is -0.283. The fourth-order valence-electron chi connectivity index (χ4n) is 2.01. The van der Waals surface area contributed by atoms with Crippen LogP contribution in [-0.2, 0) is 13.5 Å². The lowest BCUT2D eigenvalue weighted by Gasteiger charge is -2.13. The number of carbonyl (C=O) groups excluding carboxylic acids is 1. The number of phenolic OH excluding ortho intramolecular Hbond substituents is 1. The largest absolute Gasteiger partial charge is 0.507 e. The number of aromatic hydroxyl groups is 1. The van der Waals surface area contributed by atoms with Gasteiger partial charge in [-0.1, -0.05) is 13.0 Å². The molecule has 0 unspecified atom stereocenters. The third kappa shape index (κ3) is 2.99. The summed E-state index contributed by atoms with van der Waals surface area (Å²) in [5.74, 6) is -0.285. The van der Waals surface area contributed by atoms with E-state index in [1.54, 1.807) is 23.0 Å². The lowest BCUT2D eigenvalue weighted by molar-refractivity contribution is 0.0937. The number of aromatic nitrogens is 2. The van der Waals surface area contributed by atoms with Crippen LogP contribution in [0.5, 0.6) is 5.75 Å². The summed E-state index contributed by atoms with van der Waals surface area (Å²) in [5.41, 5.74) is 2.24. The predicted molar refractivity (Wildman–Crippen MR) is 76.6 cm³/mol. The van der Waals surface area contributed by atoms with Crippen LogP contribution < -0.4 is 5.32 Å². The SMILES string of the molecule is CCc1ccc(O)c(C(=O)N[C@@H](C)c2cnn(C)c2)c1. The molecule has 1 amide bonds. The van der Waals surface area contributed by atoms with E-state index in [1.165, 1.54) is 0 Å². The van der Waals surface area contributed by atoms with Gasteiger partial charge in [0.2, 0.25) is 0 Å². The molecule has 5 nitrogen and oxygen atoms in total.